The highest BCUT2D eigenvalue weighted by Gasteiger charge is 2.40. The summed E-state index contributed by atoms with van der Waals surface area (Å²) < 4.78 is 5.13. The van der Waals surface area contributed by atoms with Gasteiger partial charge < -0.3 is 9.64 Å². The fourth-order valence-corrected chi connectivity index (χ4v) is 4.25. The zero-order valence-corrected chi connectivity index (χ0v) is 17.9. The summed E-state index contributed by atoms with van der Waals surface area (Å²) in [6.45, 7) is 1.68. The molecule has 2 aliphatic heterocycles. The van der Waals surface area contributed by atoms with E-state index >= 15 is 0 Å². The van der Waals surface area contributed by atoms with Crippen LogP contribution < -0.4 is 19.9 Å². The third-order valence-corrected chi connectivity index (χ3v) is 5.72. The van der Waals surface area contributed by atoms with E-state index in [0.29, 0.717) is 17.5 Å². The Morgan fingerprint density at radius 3 is 3.00 bits per heavy atom. The first-order valence-electron chi connectivity index (χ1n) is 10.4. The van der Waals surface area contributed by atoms with Crippen molar-refractivity contribution in [3.05, 3.63) is 54.4 Å². The number of nitrogens with one attached hydrogen (secondary N) is 1. The number of hydrogen-bond acceptors (Lipinski definition) is 7. The normalized spacial score (nSPS) is 16.9. The van der Waals surface area contributed by atoms with Gasteiger partial charge in [0.1, 0.15) is 12.1 Å². The predicted octanol–water partition coefficient (Wildman–Crippen LogP) is 3.23. The number of aromatic nitrogens is 3. The van der Waals surface area contributed by atoms with Gasteiger partial charge in [-0.15, -0.1) is 0 Å². The Kier molecular flexibility index (Phi) is 5.14. The molecule has 32 heavy (non-hydrogen) atoms. The molecule has 0 radical (unpaired) electrons. The van der Waals surface area contributed by atoms with E-state index in [0.717, 1.165) is 42.0 Å². The molecule has 2 amide bonds. The predicted molar refractivity (Wildman–Crippen MR) is 124 cm³/mol. The molecule has 2 aliphatic rings. The highest BCUT2D eigenvalue weighted by Crippen LogP contribution is 2.40. The number of benzene rings is 1. The minimum absolute atomic E-state index is 0.0486. The maximum Gasteiger partial charge on any atom is 0.329 e. The number of anilines is 3. The number of pyridine rings is 1. The van der Waals surface area contributed by atoms with Gasteiger partial charge >= 0.3 is 6.03 Å². The lowest BCUT2D eigenvalue weighted by Gasteiger charge is -2.35. The molecule has 162 valence electrons. The van der Waals surface area contributed by atoms with E-state index in [4.69, 9.17) is 9.72 Å². The summed E-state index contributed by atoms with van der Waals surface area (Å²) in [6, 6.07) is 13.5. The Labute approximate surface area is 185 Å². The Balaban J connectivity index is 1.51. The lowest BCUT2D eigenvalue weighted by Crippen LogP contribution is -2.48. The molecule has 5 rings (SSSR count). The molecule has 9 nitrogen and oxygen atoms in total. The van der Waals surface area contributed by atoms with Crippen molar-refractivity contribution in [1.29, 1.82) is 0 Å². The average Bonchev–Trinajstić information content (AvgIpc) is 3.23. The topological polar surface area (TPSA) is 95.8 Å². The van der Waals surface area contributed by atoms with Crippen LogP contribution in [0.5, 0.6) is 5.88 Å². The first kappa shape index (κ1) is 19.9. The van der Waals surface area contributed by atoms with E-state index in [1.807, 2.05) is 42.6 Å². The summed E-state index contributed by atoms with van der Waals surface area (Å²) in [5.74, 6) is 1.42. The maximum absolute atomic E-state index is 13.3. The molecule has 2 bridgehead atoms. The molecule has 1 aromatic carbocycles. The Bertz CT molecular complexity index is 1200. The maximum atomic E-state index is 13.3. The van der Waals surface area contributed by atoms with E-state index in [-0.39, 0.29) is 12.1 Å². The van der Waals surface area contributed by atoms with Crippen LogP contribution >= 0.6 is 0 Å². The van der Waals surface area contributed by atoms with Crippen molar-refractivity contribution in [2.75, 3.05) is 42.4 Å². The average molecular weight is 429 g/mol. The van der Waals surface area contributed by atoms with Crippen LogP contribution in [0.4, 0.5) is 22.1 Å². The third kappa shape index (κ3) is 3.62. The summed E-state index contributed by atoms with van der Waals surface area (Å²) in [5.41, 5.74) is 3.74. The van der Waals surface area contributed by atoms with Crippen molar-refractivity contribution >= 4 is 29.6 Å². The van der Waals surface area contributed by atoms with E-state index < -0.39 is 0 Å². The van der Waals surface area contributed by atoms with Gasteiger partial charge in [0.05, 0.1) is 24.5 Å². The summed E-state index contributed by atoms with van der Waals surface area (Å²) in [7, 11) is 3.27. The first-order valence-corrected chi connectivity index (χ1v) is 10.4. The van der Waals surface area contributed by atoms with Crippen LogP contribution in [0.25, 0.3) is 11.3 Å². The summed E-state index contributed by atoms with van der Waals surface area (Å²) in [6.07, 6.45) is 4.05. The van der Waals surface area contributed by atoms with Crippen LogP contribution in [-0.4, -0.2) is 60.5 Å². The van der Waals surface area contributed by atoms with Gasteiger partial charge in [0, 0.05) is 38.0 Å². The van der Waals surface area contributed by atoms with Crippen LogP contribution in [0, 0.1) is 0 Å². The Hall–Kier alpha value is -4.01. The third-order valence-electron chi connectivity index (χ3n) is 5.72. The summed E-state index contributed by atoms with van der Waals surface area (Å²) in [5, 5.41) is 2.88. The highest BCUT2D eigenvalue weighted by molar-refractivity contribution is 6.04. The van der Waals surface area contributed by atoms with Crippen molar-refractivity contribution in [2.24, 2.45) is 4.99 Å². The van der Waals surface area contributed by atoms with Crippen molar-refractivity contribution in [3.63, 3.8) is 0 Å². The standard InChI is InChI=1S/C23H23N7O2/c1-24-12-15-4-3-5-16(10-15)18-6-7-19-22(27-18)30(17-8-9-29(19)13-17)23(31)28-20-11-21(32-2)26-14-25-20/h3-7,10-12,14,17H,8-9,13H2,1-2H3,(H,25,26,28,31)/b24-12+/t17-/m0/s1. The first-order chi connectivity index (χ1) is 15.7. The zero-order valence-electron chi connectivity index (χ0n) is 17.9. The highest BCUT2D eigenvalue weighted by atomic mass is 16.5. The van der Waals surface area contributed by atoms with E-state index in [9.17, 15) is 4.79 Å². The number of carbonyl (C=O) groups is 1. The number of carbonyl (C=O) groups excluding carboxylic acids is 1. The molecule has 2 aromatic heterocycles. The molecule has 0 saturated carbocycles. The van der Waals surface area contributed by atoms with E-state index in [2.05, 4.69) is 25.2 Å². The van der Waals surface area contributed by atoms with E-state index in [1.54, 1.807) is 18.0 Å². The van der Waals surface area contributed by atoms with Gasteiger partial charge in [0.15, 0.2) is 5.82 Å². The number of ether oxygens (including phenoxy) is 1. The number of aliphatic imine (C=N–C) groups is 1. The van der Waals surface area contributed by atoms with Gasteiger partial charge in [-0.05, 0) is 30.2 Å². The number of rotatable bonds is 4. The second-order valence-corrected chi connectivity index (χ2v) is 7.69. The van der Waals surface area contributed by atoms with Crippen LogP contribution in [-0.2, 0) is 0 Å². The SMILES string of the molecule is C/N=C/c1cccc(-c2ccc3c(n2)N(C(=O)Nc2cc(OC)ncn2)[C@H]2CCN3C2)c1. The van der Waals surface area contributed by atoms with Crippen molar-refractivity contribution in [2.45, 2.75) is 12.5 Å². The molecule has 4 heterocycles. The smallest absolute Gasteiger partial charge is 0.329 e. The van der Waals surface area contributed by atoms with E-state index in [1.165, 1.54) is 13.4 Å². The lowest BCUT2D eigenvalue weighted by atomic mass is 10.1. The number of methoxy groups -OCH3 is 1. The quantitative estimate of drug-likeness (QED) is 0.640. The van der Waals surface area contributed by atoms with Gasteiger partial charge in [0.2, 0.25) is 5.88 Å². The van der Waals surface area contributed by atoms with Crippen molar-refractivity contribution in [3.8, 4) is 17.1 Å². The van der Waals surface area contributed by atoms with Gasteiger partial charge in [0.25, 0.3) is 0 Å². The number of nitrogens with zero attached hydrogens (tertiary/aromatic N) is 6. The molecular formula is C23H23N7O2. The number of hydrogen-bond donors (Lipinski definition) is 1. The van der Waals surface area contributed by atoms with Gasteiger partial charge in [-0.1, -0.05) is 18.2 Å². The molecule has 0 unspecified atom stereocenters. The second-order valence-electron chi connectivity index (χ2n) is 7.69. The Morgan fingerprint density at radius 2 is 2.16 bits per heavy atom. The monoisotopic (exact) mass is 429 g/mol. The molecule has 0 aliphatic carbocycles. The van der Waals surface area contributed by atoms with Crippen LogP contribution in [0.3, 0.4) is 0 Å². The van der Waals surface area contributed by atoms with Crippen LogP contribution in [0.15, 0.2) is 53.8 Å². The summed E-state index contributed by atoms with van der Waals surface area (Å²) >= 11 is 0. The van der Waals surface area contributed by atoms with Gasteiger partial charge in [-0.25, -0.2) is 19.7 Å². The zero-order chi connectivity index (χ0) is 22.1. The van der Waals surface area contributed by atoms with Gasteiger partial charge in [-0.2, -0.15) is 0 Å². The number of urea groups is 1. The molecule has 1 fully saturated rings. The number of fused-ring (bicyclic) bond motifs is 4. The number of amides is 2. The largest absolute Gasteiger partial charge is 0.481 e. The Morgan fingerprint density at radius 1 is 1.25 bits per heavy atom. The van der Waals surface area contributed by atoms with Gasteiger partial charge in [-0.3, -0.25) is 15.2 Å². The van der Waals surface area contributed by atoms with Crippen molar-refractivity contribution in [1.82, 2.24) is 15.0 Å². The molecule has 9 heteroatoms. The minimum atomic E-state index is -0.268. The molecule has 3 aromatic rings. The molecular weight excluding hydrogens is 406 g/mol. The van der Waals surface area contributed by atoms with Crippen LogP contribution in [0.2, 0.25) is 0 Å². The fourth-order valence-electron chi connectivity index (χ4n) is 4.25. The summed E-state index contributed by atoms with van der Waals surface area (Å²) in [4.78, 5) is 34.5. The van der Waals surface area contributed by atoms with Crippen molar-refractivity contribution < 1.29 is 9.53 Å². The van der Waals surface area contributed by atoms with Crippen LogP contribution in [0.1, 0.15) is 12.0 Å². The molecule has 1 saturated heterocycles. The fraction of sp³-hybridized carbons (Fsp3) is 0.261. The second kappa shape index (κ2) is 8.26. The molecule has 0 spiro atoms. The molecule has 1 atom stereocenters. The lowest BCUT2D eigenvalue weighted by molar-refractivity contribution is 0.254. The molecule has 1 N–H and O–H groups in total. The minimum Gasteiger partial charge on any atom is -0.481 e.